The smallest absolute Gasteiger partial charge is 0.347 e. The van der Waals surface area contributed by atoms with E-state index in [1.807, 2.05) is 0 Å². The standard InChI is InChI=1S/C10H6O5/c1-5(11)14-6-2-3-7-8(4-6)10(13)15-9(7)12/h2-4H,1H3. The normalized spacial score (nSPS) is 13.4. The molecule has 1 aliphatic rings. The van der Waals surface area contributed by atoms with E-state index in [1.165, 1.54) is 25.1 Å². The SMILES string of the molecule is CC(=O)Oc1ccc2c(c1)C(=O)OC2=O. The molecule has 0 radical (unpaired) electrons. The van der Waals surface area contributed by atoms with Crippen molar-refractivity contribution >= 4 is 17.9 Å². The van der Waals surface area contributed by atoms with Crippen LogP contribution in [0.15, 0.2) is 18.2 Å². The van der Waals surface area contributed by atoms with Crippen molar-refractivity contribution < 1.29 is 23.9 Å². The van der Waals surface area contributed by atoms with E-state index in [4.69, 9.17) is 4.74 Å². The molecule has 76 valence electrons. The second kappa shape index (κ2) is 3.20. The van der Waals surface area contributed by atoms with Crippen LogP contribution in [0.4, 0.5) is 0 Å². The van der Waals surface area contributed by atoms with Gasteiger partial charge < -0.3 is 9.47 Å². The summed E-state index contributed by atoms with van der Waals surface area (Å²) >= 11 is 0. The van der Waals surface area contributed by atoms with Gasteiger partial charge in [-0.3, -0.25) is 4.79 Å². The van der Waals surface area contributed by atoms with Crippen molar-refractivity contribution in [2.75, 3.05) is 0 Å². The lowest BCUT2D eigenvalue weighted by atomic mass is 10.1. The zero-order valence-corrected chi connectivity index (χ0v) is 7.77. The van der Waals surface area contributed by atoms with Gasteiger partial charge in [0.25, 0.3) is 0 Å². The quantitative estimate of drug-likeness (QED) is 0.388. The maximum absolute atomic E-state index is 11.1. The van der Waals surface area contributed by atoms with Crippen LogP contribution in [0.25, 0.3) is 0 Å². The first-order valence-electron chi connectivity index (χ1n) is 4.17. The third-order valence-electron chi connectivity index (χ3n) is 1.88. The summed E-state index contributed by atoms with van der Waals surface area (Å²) in [5.74, 6) is -1.67. The van der Waals surface area contributed by atoms with E-state index in [1.54, 1.807) is 0 Å². The Bertz CT molecular complexity index is 475. The fourth-order valence-corrected chi connectivity index (χ4v) is 1.29. The number of hydrogen-bond donors (Lipinski definition) is 0. The van der Waals surface area contributed by atoms with Crippen LogP contribution in [-0.2, 0) is 9.53 Å². The number of esters is 3. The third kappa shape index (κ3) is 1.59. The highest BCUT2D eigenvalue weighted by Crippen LogP contribution is 2.24. The highest BCUT2D eigenvalue weighted by molar-refractivity contribution is 6.14. The molecule has 0 saturated heterocycles. The summed E-state index contributed by atoms with van der Waals surface area (Å²) < 4.78 is 9.14. The molecule has 0 atom stereocenters. The molecule has 1 aromatic carbocycles. The molecule has 0 aliphatic carbocycles. The first-order chi connectivity index (χ1) is 7.08. The molecule has 0 spiro atoms. The van der Waals surface area contributed by atoms with E-state index in [9.17, 15) is 14.4 Å². The number of benzene rings is 1. The van der Waals surface area contributed by atoms with Gasteiger partial charge in [0.1, 0.15) is 5.75 Å². The average Bonchev–Trinajstić information content (AvgIpc) is 2.41. The van der Waals surface area contributed by atoms with Crippen LogP contribution in [-0.4, -0.2) is 17.9 Å². The Hall–Kier alpha value is -2.17. The van der Waals surface area contributed by atoms with Crippen LogP contribution in [0.3, 0.4) is 0 Å². The first kappa shape index (κ1) is 9.39. The second-order valence-electron chi connectivity index (χ2n) is 2.98. The van der Waals surface area contributed by atoms with Crippen molar-refractivity contribution in [1.82, 2.24) is 0 Å². The van der Waals surface area contributed by atoms with Gasteiger partial charge in [0.2, 0.25) is 0 Å². The predicted octanol–water partition coefficient (Wildman–Crippen LogP) is 0.922. The van der Waals surface area contributed by atoms with Crippen LogP contribution < -0.4 is 4.74 Å². The lowest BCUT2D eigenvalue weighted by molar-refractivity contribution is -0.131. The van der Waals surface area contributed by atoms with Gasteiger partial charge in [-0.25, -0.2) is 9.59 Å². The Kier molecular flexibility index (Phi) is 2.00. The number of carbonyl (C=O) groups is 3. The van der Waals surface area contributed by atoms with Crippen molar-refractivity contribution in [2.24, 2.45) is 0 Å². The zero-order chi connectivity index (χ0) is 11.0. The minimum Gasteiger partial charge on any atom is -0.427 e. The maximum atomic E-state index is 11.1. The van der Waals surface area contributed by atoms with E-state index in [0.29, 0.717) is 0 Å². The molecule has 5 nitrogen and oxygen atoms in total. The minimum absolute atomic E-state index is 0.124. The predicted molar refractivity (Wildman–Crippen MR) is 47.5 cm³/mol. The van der Waals surface area contributed by atoms with Crippen molar-refractivity contribution in [3.63, 3.8) is 0 Å². The Balaban J connectivity index is 2.42. The number of rotatable bonds is 1. The topological polar surface area (TPSA) is 69.7 Å². The van der Waals surface area contributed by atoms with Crippen LogP contribution in [0.2, 0.25) is 0 Å². The fraction of sp³-hybridized carbons (Fsp3) is 0.100. The molecule has 2 rings (SSSR count). The number of hydrogen-bond acceptors (Lipinski definition) is 5. The van der Waals surface area contributed by atoms with Crippen LogP contribution in [0, 0.1) is 0 Å². The van der Waals surface area contributed by atoms with Crippen molar-refractivity contribution in [2.45, 2.75) is 6.92 Å². The van der Waals surface area contributed by atoms with Gasteiger partial charge in [-0.15, -0.1) is 0 Å². The Morgan fingerprint density at radius 2 is 1.87 bits per heavy atom. The van der Waals surface area contributed by atoms with Gasteiger partial charge in [-0.1, -0.05) is 0 Å². The lowest BCUT2D eigenvalue weighted by Crippen LogP contribution is -2.02. The van der Waals surface area contributed by atoms with Crippen LogP contribution >= 0.6 is 0 Å². The van der Waals surface area contributed by atoms with E-state index >= 15 is 0 Å². The van der Waals surface area contributed by atoms with E-state index in [2.05, 4.69) is 4.74 Å². The van der Waals surface area contributed by atoms with E-state index in [-0.39, 0.29) is 16.9 Å². The highest BCUT2D eigenvalue weighted by Gasteiger charge is 2.29. The summed E-state index contributed by atoms with van der Waals surface area (Å²) in [5, 5.41) is 0. The Labute approximate surface area is 84.6 Å². The summed E-state index contributed by atoms with van der Waals surface area (Å²) in [6.07, 6.45) is 0. The molecule has 15 heavy (non-hydrogen) atoms. The van der Waals surface area contributed by atoms with Gasteiger partial charge >= 0.3 is 17.9 Å². The minimum atomic E-state index is -0.719. The van der Waals surface area contributed by atoms with Gasteiger partial charge in [-0.05, 0) is 18.2 Å². The first-order valence-corrected chi connectivity index (χ1v) is 4.17. The van der Waals surface area contributed by atoms with Crippen molar-refractivity contribution in [1.29, 1.82) is 0 Å². The summed E-state index contributed by atoms with van der Waals surface area (Å²) in [6, 6.07) is 4.13. The van der Waals surface area contributed by atoms with Crippen molar-refractivity contribution in [3.8, 4) is 5.75 Å². The van der Waals surface area contributed by atoms with Gasteiger partial charge in [0.15, 0.2) is 0 Å². The second-order valence-corrected chi connectivity index (χ2v) is 2.98. The van der Waals surface area contributed by atoms with Gasteiger partial charge in [0, 0.05) is 6.92 Å². The molecule has 0 bridgehead atoms. The molecule has 0 aromatic heterocycles. The number of fused-ring (bicyclic) bond motifs is 1. The Morgan fingerprint density at radius 1 is 1.20 bits per heavy atom. The summed E-state index contributed by atoms with van der Waals surface area (Å²) in [7, 11) is 0. The highest BCUT2D eigenvalue weighted by atomic mass is 16.6. The Morgan fingerprint density at radius 3 is 2.53 bits per heavy atom. The molecule has 0 N–H and O–H groups in total. The molecular formula is C10H6O5. The molecular weight excluding hydrogens is 200 g/mol. The zero-order valence-electron chi connectivity index (χ0n) is 7.77. The average molecular weight is 206 g/mol. The molecule has 0 fully saturated rings. The lowest BCUT2D eigenvalue weighted by Gasteiger charge is -2.00. The molecule has 0 saturated carbocycles. The monoisotopic (exact) mass is 206 g/mol. The molecule has 0 amide bonds. The summed E-state index contributed by atoms with van der Waals surface area (Å²) in [5.41, 5.74) is 0.314. The van der Waals surface area contributed by atoms with Crippen molar-refractivity contribution in [3.05, 3.63) is 29.3 Å². The molecule has 1 heterocycles. The molecule has 1 aromatic rings. The van der Waals surface area contributed by atoms with E-state index in [0.717, 1.165) is 0 Å². The number of ether oxygens (including phenoxy) is 2. The van der Waals surface area contributed by atoms with Gasteiger partial charge in [0.05, 0.1) is 11.1 Å². The van der Waals surface area contributed by atoms with Crippen LogP contribution in [0.1, 0.15) is 27.6 Å². The third-order valence-corrected chi connectivity index (χ3v) is 1.88. The van der Waals surface area contributed by atoms with E-state index < -0.39 is 17.9 Å². The fourth-order valence-electron chi connectivity index (χ4n) is 1.29. The summed E-state index contributed by atoms with van der Waals surface area (Å²) in [6.45, 7) is 1.25. The van der Waals surface area contributed by atoms with Gasteiger partial charge in [-0.2, -0.15) is 0 Å². The molecule has 0 unspecified atom stereocenters. The molecule has 5 heteroatoms. The summed E-state index contributed by atoms with van der Waals surface area (Å²) in [4.78, 5) is 32.8. The molecule has 1 aliphatic heterocycles. The number of carbonyl (C=O) groups excluding carboxylic acids is 3. The largest absolute Gasteiger partial charge is 0.427 e. The number of cyclic esters (lactones) is 2. The maximum Gasteiger partial charge on any atom is 0.347 e. The van der Waals surface area contributed by atoms with Crippen LogP contribution in [0.5, 0.6) is 5.75 Å².